The number of carbonyl (C=O) groups excluding carboxylic acids is 1. The summed E-state index contributed by atoms with van der Waals surface area (Å²) in [6, 6.07) is 15.2. The lowest BCUT2D eigenvalue weighted by atomic mass is 9.94. The maximum absolute atomic E-state index is 12.9. The minimum absolute atomic E-state index is 0.0301. The molecule has 0 unspecified atom stereocenters. The van der Waals surface area contributed by atoms with Crippen molar-refractivity contribution in [2.75, 3.05) is 19.3 Å². The van der Waals surface area contributed by atoms with Crippen LogP contribution in [0, 0.1) is 12.8 Å². The van der Waals surface area contributed by atoms with Crippen LogP contribution in [0.1, 0.15) is 48.9 Å². The van der Waals surface area contributed by atoms with Crippen LogP contribution < -0.4 is 5.32 Å². The predicted octanol–water partition coefficient (Wildman–Crippen LogP) is 3.88. The quantitative estimate of drug-likeness (QED) is 0.727. The van der Waals surface area contributed by atoms with Crippen LogP contribution in [0.25, 0.3) is 0 Å². The number of amides is 1. The maximum atomic E-state index is 12.9. The van der Waals surface area contributed by atoms with E-state index in [9.17, 15) is 13.2 Å². The molecular formula is C24H32N2O3S. The Balaban J connectivity index is 1.55. The van der Waals surface area contributed by atoms with E-state index in [1.807, 2.05) is 6.92 Å². The van der Waals surface area contributed by atoms with Gasteiger partial charge in [-0.2, -0.15) is 0 Å². The van der Waals surface area contributed by atoms with Gasteiger partial charge >= 0.3 is 0 Å². The summed E-state index contributed by atoms with van der Waals surface area (Å²) >= 11 is 0. The lowest BCUT2D eigenvalue weighted by molar-refractivity contribution is -0.127. The number of sulfone groups is 1. The van der Waals surface area contributed by atoms with Gasteiger partial charge in [-0.1, -0.05) is 43.3 Å². The van der Waals surface area contributed by atoms with E-state index in [0.29, 0.717) is 4.90 Å². The number of hydrogen-bond acceptors (Lipinski definition) is 4. The molecule has 2 aromatic carbocycles. The van der Waals surface area contributed by atoms with Crippen molar-refractivity contribution in [3.63, 3.8) is 0 Å². The van der Waals surface area contributed by atoms with Crippen molar-refractivity contribution in [1.82, 2.24) is 10.2 Å². The molecule has 0 aliphatic carbocycles. The van der Waals surface area contributed by atoms with Gasteiger partial charge in [0.05, 0.1) is 10.9 Å². The number of carbonyl (C=O) groups is 1. The van der Waals surface area contributed by atoms with Crippen LogP contribution in [-0.4, -0.2) is 38.6 Å². The molecule has 1 fully saturated rings. The standard InChI is InChI=1S/C24H32N2O3S/c1-4-23(19-9-11-22(12-10-19)30(3,28)29)25-24(27)20-13-15-26(16-14-20)17-21-8-6-5-7-18(21)2/h5-12,20,23H,4,13-17H2,1-3H3,(H,25,27)/t23-/m1/s1. The van der Waals surface area contributed by atoms with Crippen molar-refractivity contribution in [3.05, 3.63) is 65.2 Å². The first-order valence-electron chi connectivity index (χ1n) is 10.6. The van der Waals surface area contributed by atoms with Gasteiger partial charge in [-0.05, 0) is 68.1 Å². The van der Waals surface area contributed by atoms with Crippen LogP contribution in [0.3, 0.4) is 0 Å². The van der Waals surface area contributed by atoms with Crippen LogP contribution in [-0.2, 0) is 21.2 Å². The predicted molar refractivity (Wildman–Crippen MR) is 120 cm³/mol. The smallest absolute Gasteiger partial charge is 0.223 e. The highest BCUT2D eigenvalue weighted by Gasteiger charge is 2.26. The summed E-state index contributed by atoms with van der Waals surface area (Å²) in [5.74, 6) is 0.132. The number of nitrogens with zero attached hydrogens (tertiary/aromatic N) is 1. The molecular weight excluding hydrogens is 396 g/mol. The molecule has 30 heavy (non-hydrogen) atoms. The minimum atomic E-state index is -3.21. The topological polar surface area (TPSA) is 66.5 Å². The van der Waals surface area contributed by atoms with Crippen molar-refractivity contribution in [1.29, 1.82) is 0 Å². The summed E-state index contributed by atoms with van der Waals surface area (Å²) in [7, 11) is -3.21. The molecule has 1 amide bonds. The van der Waals surface area contributed by atoms with E-state index in [1.165, 1.54) is 17.4 Å². The molecule has 1 N–H and O–H groups in total. The summed E-state index contributed by atoms with van der Waals surface area (Å²) in [5, 5.41) is 3.18. The number of benzene rings is 2. The summed E-state index contributed by atoms with van der Waals surface area (Å²) in [6.45, 7) is 6.95. The van der Waals surface area contributed by atoms with E-state index in [1.54, 1.807) is 24.3 Å². The third kappa shape index (κ3) is 5.70. The van der Waals surface area contributed by atoms with Gasteiger partial charge in [-0.3, -0.25) is 9.69 Å². The van der Waals surface area contributed by atoms with E-state index in [4.69, 9.17) is 0 Å². The van der Waals surface area contributed by atoms with E-state index < -0.39 is 9.84 Å². The van der Waals surface area contributed by atoms with Crippen LogP contribution in [0.5, 0.6) is 0 Å². The summed E-state index contributed by atoms with van der Waals surface area (Å²) < 4.78 is 23.3. The molecule has 5 nitrogen and oxygen atoms in total. The largest absolute Gasteiger partial charge is 0.349 e. The Kier molecular flexibility index (Phi) is 7.32. The molecule has 1 aliphatic heterocycles. The minimum Gasteiger partial charge on any atom is -0.349 e. The highest BCUT2D eigenvalue weighted by Crippen LogP contribution is 2.24. The average molecular weight is 429 g/mol. The molecule has 1 saturated heterocycles. The lowest BCUT2D eigenvalue weighted by Gasteiger charge is -2.32. The van der Waals surface area contributed by atoms with Gasteiger partial charge in [0, 0.05) is 18.7 Å². The van der Waals surface area contributed by atoms with Crippen molar-refractivity contribution in [3.8, 4) is 0 Å². The van der Waals surface area contributed by atoms with E-state index in [2.05, 4.69) is 41.4 Å². The molecule has 0 aromatic heterocycles. The van der Waals surface area contributed by atoms with Gasteiger partial charge in [0.2, 0.25) is 5.91 Å². The number of nitrogens with one attached hydrogen (secondary N) is 1. The second-order valence-electron chi connectivity index (χ2n) is 8.29. The maximum Gasteiger partial charge on any atom is 0.223 e. The second-order valence-corrected chi connectivity index (χ2v) is 10.3. The van der Waals surface area contributed by atoms with Crippen molar-refractivity contribution >= 4 is 15.7 Å². The summed E-state index contributed by atoms with van der Waals surface area (Å²) in [4.78, 5) is 15.6. The number of likely N-dealkylation sites (tertiary alicyclic amines) is 1. The van der Waals surface area contributed by atoms with Gasteiger partial charge < -0.3 is 5.32 Å². The Morgan fingerprint density at radius 3 is 2.30 bits per heavy atom. The van der Waals surface area contributed by atoms with Gasteiger partial charge in [-0.15, -0.1) is 0 Å². The molecule has 3 rings (SSSR count). The van der Waals surface area contributed by atoms with E-state index >= 15 is 0 Å². The fourth-order valence-electron chi connectivity index (χ4n) is 4.04. The van der Waals surface area contributed by atoms with Gasteiger partial charge in [-0.25, -0.2) is 8.42 Å². The van der Waals surface area contributed by atoms with Crippen molar-refractivity contribution in [2.45, 2.75) is 50.6 Å². The zero-order valence-corrected chi connectivity index (χ0v) is 18.9. The highest BCUT2D eigenvalue weighted by atomic mass is 32.2. The number of hydrogen-bond donors (Lipinski definition) is 1. The molecule has 0 saturated carbocycles. The third-order valence-corrected chi connectivity index (χ3v) is 7.18. The van der Waals surface area contributed by atoms with Crippen molar-refractivity contribution in [2.24, 2.45) is 5.92 Å². The number of aryl methyl sites for hydroxylation is 1. The number of rotatable bonds is 7. The molecule has 0 bridgehead atoms. The second kappa shape index (κ2) is 9.75. The molecule has 0 radical (unpaired) electrons. The van der Waals surface area contributed by atoms with E-state index in [-0.39, 0.29) is 17.9 Å². The lowest BCUT2D eigenvalue weighted by Crippen LogP contribution is -2.41. The van der Waals surface area contributed by atoms with Crippen LogP contribution in [0.15, 0.2) is 53.4 Å². The fraction of sp³-hybridized carbons (Fsp3) is 0.458. The Bertz CT molecular complexity index is 962. The van der Waals surface area contributed by atoms with Gasteiger partial charge in [0.15, 0.2) is 9.84 Å². The normalized spacial score (nSPS) is 16.9. The SMILES string of the molecule is CC[C@@H](NC(=O)C1CCN(Cc2ccccc2C)CC1)c1ccc(S(C)(=O)=O)cc1. The third-order valence-electron chi connectivity index (χ3n) is 6.05. The summed E-state index contributed by atoms with van der Waals surface area (Å²) in [6.07, 6.45) is 3.69. The van der Waals surface area contributed by atoms with Crippen LogP contribution in [0.4, 0.5) is 0 Å². The van der Waals surface area contributed by atoms with Gasteiger partial charge in [0.1, 0.15) is 0 Å². The Morgan fingerprint density at radius 1 is 1.10 bits per heavy atom. The molecule has 1 heterocycles. The Labute approximate surface area is 180 Å². The highest BCUT2D eigenvalue weighted by molar-refractivity contribution is 7.90. The van der Waals surface area contributed by atoms with E-state index in [0.717, 1.165) is 44.5 Å². The summed E-state index contributed by atoms with van der Waals surface area (Å²) in [5.41, 5.74) is 3.60. The first kappa shape index (κ1) is 22.5. The van der Waals surface area contributed by atoms with Crippen LogP contribution >= 0.6 is 0 Å². The zero-order chi connectivity index (χ0) is 21.7. The molecule has 1 atom stereocenters. The Morgan fingerprint density at radius 2 is 1.73 bits per heavy atom. The molecule has 0 spiro atoms. The number of piperidine rings is 1. The fourth-order valence-corrected chi connectivity index (χ4v) is 4.67. The molecule has 6 heteroatoms. The molecule has 2 aromatic rings. The Hall–Kier alpha value is -2.18. The molecule has 162 valence electrons. The molecule has 1 aliphatic rings. The zero-order valence-electron chi connectivity index (χ0n) is 18.1. The first-order valence-corrected chi connectivity index (χ1v) is 12.5. The monoisotopic (exact) mass is 428 g/mol. The first-order chi connectivity index (χ1) is 14.3. The average Bonchev–Trinajstić information content (AvgIpc) is 2.73. The van der Waals surface area contributed by atoms with Gasteiger partial charge in [0.25, 0.3) is 0 Å². The van der Waals surface area contributed by atoms with Crippen LogP contribution in [0.2, 0.25) is 0 Å². The van der Waals surface area contributed by atoms with Crippen molar-refractivity contribution < 1.29 is 13.2 Å².